The van der Waals surface area contributed by atoms with Gasteiger partial charge in [0, 0.05) is 17.3 Å². The van der Waals surface area contributed by atoms with Crippen molar-refractivity contribution in [2.45, 2.75) is 33.2 Å². The van der Waals surface area contributed by atoms with Gasteiger partial charge in [-0.05, 0) is 32.4 Å². The monoisotopic (exact) mass is 301 g/mol. The fraction of sp³-hybridized carbons (Fsp3) is 0.312. The highest BCUT2D eigenvalue weighted by Gasteiger charge is 2.18. The Labute approximate surface area is 128 Å². The number of hydrogen-bond acceptors (Lipinski definition) is 5. The summed E-state index contributed by atoms with van der Waals surface area (Å²) < 4.78 is 4.92. The van der Waals surface area contributed by atoms with Crippen LogP contribution in [0, 0.1) is 6.92 Å². The molecule has 2 rings (SSSR count). The molecule has 1 aromatic heterocycles. The average molecular weight is 301 g/mol. The lowest BCUT2D eigenvalue weighted by atomic mass is 10.1. The van der Waals surface area contributed by atoms with Gasteiger partial charge in [0.25, 0.3) is 0 Å². The maximum Gasteiger partial charge on any atom is 0.248 e. The van der Waals surface area contributed by atoms with Crippen molar-refractivity contribution in [2.24, 2.45) is 0 Å². The van der Waals surface area contributed by atoms with Gasteiger partial charge in [-0.25, -0.2) is 0 Å². The SMILES string of the molecule is CC[C@@H](Nc1cccc(C(C)=O)c1)C(=O)Nc1cc(C)on1. The van der Waals surface area contributed by atoms with Gasteiger partial charge in [0.15, 0.2) is 11.6 Å². The number of rotatable bonds is 6. The first kappa shape index (κ1) is 15.8. The van der Waals surface area contributed by atoms with Crippen molar-refractivity contribution in [3.8, 4) is 0 Å². The van der Waals surface area contributed by atoms with Gasteiger partial charge in [0.1, 0.15) is 11.8 Å². The van der Waals surface area contributed by atoms with E-state index in [2.05, 4.69) is 15.8 Å². The van der Waals surface area contributed by atoms with Crippen molar-refractivity contribution in [2.75, 3.05) is 10.6 Å². The van der Waals surface area contributed by atoms with Crippen LogP contribution in [0.4, 0.5) is 11.5 Å². The van der Waals surface area contributed by atoms with E-state index in [0.717, 1.165) is 5.69 Å². The summed E-state index contributed by atoms with van der Waals surface area (Å²) >= 11 is 0. The molecule has 2 N–H and O–H groups in total. The van der Waals surface area contributed by atoms with Crippen molar-refractivity contribution in [3.05, 3.63) is 41.7 Å². The number of benzene rings is 1. The lowest BCUT2D eigenvalue weighted by Crippen LogP contribution is -2.34. The van der Waals surface area contributed by atoms with E-state index < -0.39 is 6.04 Å². The summed E-state index contributed by atoms with van der Waals surface area (Å²) in [5.74, 6) is 0.800. The molecule has 0 fully saturated rings. The molecule has 6 heteroatoms. The third-order valence-electron chi connectivity index (χ3n) is 3.21. The molecule has 0 aliphatic rings. The summed E-state index contributed by atoms with van der Waals surface area (Å²) in [5, 5.41) is 9.56. The Bertz CT molecular complexity index is 679. The molecule has 0 aliphatic carbocycles. The third-order valence-corrected chi connectivity index (χ3v) is 3.21. The molecule has 2 aromatic rings. The van der Waals surface area contributed by atoms with E-state index in [1.165, 1.54) is 6.92 Å². The Morgan fingerprint density at radius 3 is 2.68 bits per heavy atom. The van der Waals surface area contributed by atoms with Crippen LogP contribution in [0.3, 0.4) is 0 Å². The summed E-state index contributed by atoms with van der Waals surface area (Å²) in [5.41, 5.74) is 1.33. The van der Waals surface area contributed by atoms with Crippen LogP contribution in [0.5, 0.6) is 0 Å². The number of nitrogens with zero attached hydrogens (tertiary/aromatic N) is 1. The van der Waals surface area contributed by atoms with Gasteiger partial charge < -0.3 is 15.2 Å². The molecule has 116 valence electrons. The molecule has 22 heavy (non-hydrogen) atoms. The number of anilines is 2. The number of amides is 1. The Morgan fingerprint density at radius 1 is 1.32 bits per heavy atom. The van der Waals surface area contributed by atoms with Crippen LogP contribution in [0.1, 0.15) is 36.4 Å². The first-order valence-electron chi connectivity index (χ1n) is 7.11. The van der Waals surface area contributed by atoms with Gasteiger partial charge in [-0.3, -0.25) is 9.59 Å². The van der Waals surface area contributed by atoms with Crippen LogP contribution in [0.15, 0.2) is 34.9 Å². The van der Waals surface area contributed by atoms with Crippen molar-refractivity contribution < 1.29 is 14.1 Å². The molecule has 0 saturated carbocycles. The molecule has 0 aliphatic heterocycles. The molecule has 0 unspecified atom stereocenters. The maximum atomic E-state index is 12.3. The number of Topliss-reactive ketones (excluding diaryl/α,β-unsaturated/α-hetero) is 1. The van der Waals surface area contributed by atoms with E-state index in [0.29, 0.717) is 23.6 Å². The molecule has 1 atom stereocenters. The van der Waals surface area contributed by atoms with Crippen LogP contribution >= 0.6 is 0 Å². The van der Waals surface area contributed by atoms with Gasteiger partial charge in [0.2, 0.25) is 5.91 Å². The van der Waals surface area contributed by atoms with Gasteiger partial charge in [-0.15, -0.1) is 0 Å². The second-order valence-corrected chi connectivity index (χ2v) is 5.05. The van der Waals surface area contributed by atoms with Crippen molar-refractivity contribution in [1.29, 1.82) is 0 Å². The smallest absolute Gasteiger partial charge is 0.248 e. The average Bonchev–Trinajstić information content (AvgIpc) is 2.90. The minimum Gasteiger partial charge on any atom is -0.374 e. The zero-order valence-corrected chi connectivity index (χ0v) is 12.8. The van der Waals surface area contributed by atoms with Crippen LogP contribution in [-0.2, 0) is 4.79 Å². The summed E-state index contributed by atoms with van der Waals surface area (Å²) in [6, 6.07) is 8.30. The second kappa shape index (κ2) is 6.89. The number of aromatic nitrogens is 1. The summed E-state index contributed by atoms with van der Waals surface area (Å²) in [4.78, 5) is 23.7. The molecule has 1 aromatic carbocycles. The molecule has 0 radical (unpaired) electrons. The Hall–Kier alpha value is -2.63. The molecule has 0 bridgehead atoms. The number of hydrogen-bond donors (Lipinski definition) is 2. The van der Waals surface area contributed by atoms with E-state index in [1.54, 1.807) is 31.2 Å². The zero-order chi connectivity index (χ0) is 16.1. The lowest BCUT2D eigenvalue weighted by Gasteiger charge is -2.17. The first-order valence-corrected chi connectivity index (χ1v) is 7.11. The van der Waals surface area contributed by atoms with Crippen LogP contribution < -0.4 is 10.6 Å². The van der Waals surface area contributed by atoms with Crippen LogP contribution in [0.2, 0.25) is 0 Å². The third kappa shape index (κ3) is 3.94. The van der Waals surface area contributed by atoms with E-state index >= 15 is 0 Å². The van der Waals surface area contributed by atoms with Gasteiger partial charge in [-0.2, -0.15) is 0 Å². The van der Waals surface area contributed by atoms with Gasteiger partial charge in [-0.1, -0.05) is 24.2 Å². The number of carbonyl (C=O) groups is 2. The van der Waals surface area contributed by atoms with Crippen molar-refractivity contribution in [3.63, 3.8) is 0 Å². The largest absolute Gasteiger partial charge is 0.374 e. The maximum absolute atomic E-state index is 12.3. The highest BCUT2D eigenvalue weighted by Crippen LogP contribution is 2.15. The van der Waals surface area contributed by atoms with Gasteiger partial charge in [0.05, 0.1) is 0 Å². The van der Waals surface area contributed by atoms with Crippen LogP contribution in [-0.4, -0.2) is 22.9 Å². The highest BCUT2D eigenvalue weighted by atomic mass is 16.5. The number of nitrogens with one attached hydrogen (secondary N) is 2. The van der Waals surface area contributed by atoms with E-state index in [9.17, 15) is 9.59 Å². The number of ketones is 1. The highest BCUT2D eigenvalue weighted by molar-refractivity contribution is 5.97. The molecule has 1 amide bonds. The number of carbonyl (C=O) groups excluding carboxylic acids is 2. The number of aryl methyl sites for hydroxylation is 1. The Kier molecular flexibility index (Phi) is 4.93. The van der Waals surface area contributed by atoms with E-state index in [4.69, 9.17) is 4.52 Å². The zero-order valence-electron chi connectivity index (χ0n) is 12.8. The standard InChI is InChI=1S/C16H19N3O3/c1-4-14(16(21)18-15-8-10(2)22-19-15)17-13-7-5-6-12(9-13)11(3)20/h5-9,14,17H,4H2,1-3H3,(H,18,19,21)/t14-/m1/s1. The summed E-state index contributed by atoms with van der Waals surface area (Å²) in [6.45, 7) is 5.17. The fourth-order valence-corrected chi connectivity index (χ4v) is 2.02. The Morgan fingerprint density at radius 2 is 2.09 bits per heavy atom. The normalized spacial score (nSPS) is 11.8. The molecule has 0 saturated heterocycles. The molecule has 1 heterocycles. The molecule has 6 nitrogen and oxygen atoms in total. The minimum absolute atomic E-state index is 0.0146. The summed E-state index contributed by atoms with van der Waals surface area (Å²) in [7, 11) is 0. The molecular weight excluding hydrogens is 282 g/mol. The van der Waals surface area contributed by atoms with Crippen molar-refractivity contribution in [1.82, 2.24) is 5.16 Å². The van der Waals surface area contributed by atoms with E-state index in [-0.39, 0.29) is 11.7 Å². The van der Waals surface area contributed by atoms with Crippen LogP contribution in [0.25, 0.3) is 0 Å². The predicted molar refractivity (Wildman–Crippen MR) is 84.0 cm³/mol. The summed E-state index contributed by atoms with van der Waals surface area (Å²) in [6.07, 6.45) is 0.590. The quantitative estimate of drug-likeness (QED) is 0.801. The van der Waals surface area contributed by atoms with E-state index in [1.807, 2.05) is 13.0 Å². The fourth-order valence-electron chi connectivity index (χ4n) is 2.02. The predicted octanol–water partition coefficient (Wildman–Crippen LogP) is 3.01. The second-order valence-electron chi connectivity index (χ2n) is 5.05. The molecular formula is C16H19N3O3. The molecule has 0 spiro atoms. The van der Waals surface area contributed by atoms with Crippen molar-refractivity contribution >= 4 is 23.2 Å². The minimum atomic E-state index is -0.431. The Balaban J connectivity index is 2.06. The topological polar surface area (TPSA) is 84.2 Å². The first-order chi connectivity index (χ1) is 10.5. The lowest BCUT2D eigenvalue weighted by molar-refractivity contribution is -0.117. The van der Waals surface area contributed by atoms with Gasteiger partial charge >= 0.3 is 0 Å².